The fourth-order valence-electron chi connectivity index (χ4n) is 2.72. The molecule has 0 saturated heterocycles. The van der Waals surface area contributed by atoms with Crippen molar-refractivity contribution in [3.63, 3.8) is 0 Å². The molecule has 4 heteroatoms. The van der Waals surface area contributed by atoms with E-state index in [0.717, 1.165) is 25.3 Å². The molecule has 0 spiro atoms. The van der Waals surface area contributed by atoms with E-state index in [1.807, 2.05) is 0 Å². The highest BCUT2D eigenvalue weighted by molar-refractivity contribution is 5.94. The van der Waals surface area contributed by atoms with Crippen molar-refractivity contribution in [2.45, 2.75) is 96.8 Å². The highest BCUT2D eigenvalue weighted by atomic mass is 16.4. The van der Waals surface area contributed by atoms with E-state index in [9.17, 15) is 9.59 Å². The molecular weight excluding hydrogens is 292 g/mol. The molecule has 0 unspecified atom stereocenters. The molecule has 0 bridgehead atoms. The van der Waals surface area contributed by atoms with E-state index in [1.54, 1.807) is 0 Å². The number of hydrogen-bond donors (Lipinski definition) is 2. The van der Waals surface area contributed by atoms with Crippen molar-refractivity contribution in [1.29, 1.82) is 0 Å². The van der Waals surface area contributed by atoms with Gasteiger partial charge in [0.2, 0.25) is 0 Å². The second kappa shape index (κ2) is 15.6. The Morgan fingerprint density at radius 2 is 1.09 bits per heavy atom. The van der Waals surface area contributed by atoms with Crippen LogP contribution in [0.25, 0.3) is 0 Å². The first-order chi connectivity index (χ1) is 11.1. The van der Waals surface area contributed by atoms with Crippen LogP contribution in [0.3, 0.4) is 0 Å². The lowest BCUT2D eigenvalue weighted by atomic mass is 10.0. The van der Waals surface area contributed by atoms with Crippen LogP contribution in [0.1, 0.15) is 96.8 Å². The highest BCUT2D eigenvalue weighted by Gasteiger charge is 2.08. The molecule has 0 heterocycles. The summed E-state index contributed by atoms with van der Waals surface area (Å²) in [4.78, 5) is 21.4. The SMILES string of the molecule is CCCCCCCCCCCCCCC/C(=C/C(=O)O)C(=O)O. The van der Waals surface area contributed by atoms with Crippen molar-refractivity contribution in [3.8, 4) is 0 Å². The van der Waals surface area contributed by atoms with E-state index < -0.39 is 11.9 Å². The molecule has 0 radical (unpaired) electrons. The minimum Gasteiger partial charge on any atom is -0.478 e. The third kappa shape index (κ3) is 15.4. The van der Waals surface area contributed by atoms with Crippen LogP contribution in [-0.4, -0.2) is 22.2 Å². The van der Waals surface area contributed by atoms with Crippen LogP contribution in [0.5, 0.6) is 0 Å². The molecule has 4 nitrogen and oxygen atoms in total. The Morgan fingerprint density at radius 1 is 0.696 bits per heavy atom. The largest absolute Gasteiger partial charge is 0.478 e. The first-order valence-electron chi connectivity index (χ1n) is 9.24. The van der Waals surface area contributed by atoms with Gasteiger partial charge in [0, 0.05) is 11.6 Å². The van der Waals surface area contributed by atoms with Crippen molar-refractivity contribution < 1.29 is 19.8 Å². The van der Waals surface area contributed by atoms with Crippen LogP contribution >= 0.6 is 0 Å². The molecule has 0 saturated carbocycles. The normalized spacial score (nSPS) is 11.6. The molecular formula is C19H34O4. The van der Waals surface area contributed by atoms with Crippen molar-refractivity contribution in [1.82, 2.24) is 0 Å². The van der Waals surface area contributed by atoms with Crippen LogP contribution in [-0.2, 0) is 9.59 Å². The Balaban J connectivity index is 3.39. The molecule has 0 rings (SSSR count). The Hall–Kier alpha value is -1.32. The number of hydrogen-bond acceptors (Lipinski definition) is 2. The van der Waals surface area contributed by atoms with Crippen LogP contribution < -0.4 is 0 Å². The molecule has 23 heavy (non-hydrogen) atoms. The molecule has 0 aromatic heterocycles. The minimum atomic E-state index is -1.18. The average Bonchev–Trinajstić information content (AvgIpc) is 2.50. The molecule has 0 aliphatic rings. The summed E-state index contributed by atoms with van der Waals surface area (Å²) in [5.74, 6) is -2.30. The van der Waals surface area contributed by atoms with Crippen LogP contribution in [0.2, 0.25) is 0 Å². The maximum atomic E-state index is 10.9. The van der Waals surface area contributed by atoms with E-state index in [-0.39, 0.29) is 5.57 Å². The lowest BCUT2D eigenvalue weighted by molar-refractivity contribution is -0.135. The van der Waals surface area contributed by atoms with E-state index in [4.69, 9.17) is 10.2 Å². The van der Waals surface area contributed by atoms with Gasteiger partial charge >= 0.3 is 11.9 Å². The summed E-state index contributed by atoms with van der Waals surface area (Å²) in [6.45, 7) is 2.24. The number of rotatable bonds is 16. The first kappa shape index (κ1) is 21.7. The van der Waals surface area contributed by atoms with E-state index >= 15 is 0 Å². The Morgan fingerprint density at radius 3 is 1.43 bits per heavy atom. The Bertz CT molecular complexity index is 347. The number of unbranched alkanes of at least 4 members (excludes halogenated alkanes) is 12. The molecule has 0 amide bonds. The predicted molar refractivity (Wildman–Crippen MR) is 93.7 cm³/mol. The summed E-state index contributed by atoms with van der Waals surface area (Å²) in [5.41, 5.74) is 0.000531. The molecule has 134 valence electrons. The maximum absolute atomic E-state index is 10.9. The molecule has 0 aliphatic carbocycles. The van der Waals surface area contributed by atoms with Gasteiger partial charge in [-0.3, -0.25) is 0 Å². The van der Waals surface area contributed by atoms with Crippen LogP contribution in [0.15, 0.2) is 11.6 Å². The Kier molecular flexibility index (Phi) is 14.7. The minimum absolute atomic E-state index is 0.000531. The Labute approximate surface area is 141 Å². The van der Waals surface area contributed by atoms with E-state index in [0.29, 0.717) is 6.42 Å². The molecule has 0 aromatic carbocycles. The van der Waals surface area contributed by atoms with Gasteiger partial charge in [-0.25, -0.2) is 9.59 Å². The van der Waals surface area contributed by atoms with E-state index in [2.05, 4.69) is 6.92 Å². The predicted octanol–water partition coefficient (Wildman–Crippen LogP) is 5.56. The second-order valence-corrected chi connectivity index (χ2v) is 6.31. The number of aliphatic carboxylic acids is 2. The summed E-state index contributed by atoms with van der Waals surface area (Å²) >= 11 is 0. The van der Waals surface area contributed by atoms with Crippen molar-refractivity contribution in [2.24, 2.45) is 0 Å². The van der Waals surface area contributed by atoms with Crippen LogP contribution in [0, 0.1) is 0 Å². The zero-order chi connectivity index (χ0) is 17.3. The molecule has 0 atom stereocenters. The summed E-state index contributed by atoms with van der Waals surface area (Å²) in [5, 5.41) is 17.5. The molecule has 0 aromatic rings. The fourth-order valence-corrected chi connectivity index (χ4v) is 2.72. The maximum Gasteiger partial charge on any atom is 0.331 e. The summed E-state index contributed by atoms with van der Waals surface area (Å²) in [7, 11) is 0. The van der Waals surface area contributed by atoms with Gasteiger partial charge in [0.15, 0.2) is 0 Å². The van der Waals surface area contributed by atoms with E-state index in [1.165, 1.54) is 64.2 Å². The standard InChI is InChI=1S/C19H34O4/c1-2-3-4-5-6-7-8-9-10-11-12-13-14-15-17(19(22)23)16-18(20)21/h16H,2-15H2,1H3,(H,20,21)(H,22,23)/b17-16-. The van der Waals surface area contributed by atoms with Gasteiger partial charge in [0.25, 0.3) is 0 Å². The average molecular weight is 326 g/mol. The molecule has 2 N–H and O–H groups in total. The number of carboxylic acids is 2. The first-order valence-corrected chi connectivity index (χ1v) is 9.24. The number of carbonyl (C=O) groups is 2. The lowest BCUT2D eigenvalue weighted by Gasteiger charge is -2.04. The van der Waals surface area contributed by atoms with Crippen molar-refractivity contribution in [2.75, 3.05) is 0 Å². The summed E-state index contributed by atoms with van der Waals surface area (Å²) < 4.78 is 0. The lowest BCUT2D eigenvalue weighted by Crippen LogP contribution is -2.04. The van der Waals surface area contributed by atoms with Gasteiger partial charge in [-0.05, 0) is 12.8 Å². The fraction of sp³-hybridized carbons (Fsp3) is 0.789. The van der Waals surface area contributed by atoms with Gasteiger partial charge in [0.05, 0.1) is 0 Å². The van der Waals surface area contributed by atoms with Gasteiger partial charge < -0.3 is 10.2 Å². The second-order valence-electron chi connectivity index (χ2n) is 6.31. The van der Waals surface area contributed by atoms with Gasteiger partial charge in [0.1, 0.15) is 0 Å². The third-order valence-electron chi connectivity index (χ3n) is 4.12. The quantitative estimate of drug-likeness (QED) is 0.287. The van der Waals surface area contributed by atoms with Gasteiger partial charge in [-0.15, -0.1) is 0 Å². The monoisotopic (exact) mass is 326 g/mol. The number of carboxylic acid groups (broad SMARTS) is 2. The van der Waals surface area contributed by atoms with Gasteiger partial charge in [-0.1, -0.05) is 84.0 Å². The highest BCUT2D eigenvalue weighted by Crippen LogP contribution is 2.14. The molecule has 0 aliphatic heterocycles. The molecule has 0 fully saturated rings. The van der Waals surface area contributed by atoms with Crippen LogP contribution in [0.4, 0.5) is 0 Å². The smallest absolute Gasteiger partial charge is 0.331 e. The third-order valence-corrected chi connectivity index (χ3v) is 4.12. The summed E-state index contributed by atoms with van der Waals surface area (Å²) in [6.07, 6.45) is 17.2. The van der Waals surface area contributed by atoms with Crippen molar-refractivity contribution in [3.05, 3.63) is 11.6 Å². The summed E-state index contributed by atoms with van der Waals surface area (Å²) in [6, 6.07) is 0. The topological polar surface area (TPSA) is 74.6 Å². The zero-order valence-electron chi connectivity index (χ0n) is 14.7. The van der Waals surface area contributed by atoms with Gasteiger partial charge in [-0.2, -0.15) is 0 Å². The zero-order valence-corrected chi connectivity index (χ0v) is 14.7. The van der Waals surface area contributed by atoms with Crippen molar-refractivity contribution >= 4 is 11.9 Å².